The molecule has 0 spiro atoms. The zero-order valence-electron chi connectivity index (χ0n) is 34.4. The first-order chi connectivity index (χ1) is 31.3. The van der Waals surface area contributed by atoms with Gasteiger partial charge in [0.25, 0.3) is 0 Å². The van der Waals surface area contributed by atoms with Crippen LogP contribution >= 0.6 is 0 Å². The average Bonchev–Trinajstić information content (AvgIpc) is 4.00. The Bertz CT molecular complexity index is 3630. The van der Waals surface area contributed by atoms with Gasteiger partial charge in [-0.25, -0.2) is 21.1 Å². The minimum Gasteiger partial charge on any atom is -0.327 e. The molecule has 0 unspecified atom stereocenters. The van der Waals surface area contributed by atoms with Gasteiger partial charge in [-0.3, -0.25) is 4.57 Å². The molecule has 0 aliphatic heterocycles. The maximum Gasteiger partial charge on any atom is 0.238 e. The molecule has 13 rings (SSSR count). The van der Waals surface area contributed by atoms with Crippen LogP contribution in [0.5, 0.6) is 0 Å². The molecule has 9 aromatic carbocycles. The fourth-order valence-corrected chi connectivity index (χ4v) is 9.60. The summed E-state index contributed by atoms with van der Waals surface area (Å²) in [4.78, 5) is 16.5. The number of para-hydroxylation sites is 6. The van der Waals surface area contributed by atoms with Gasteiger partial charge in [0.15, 0.2) is 5.82 Å². The standard InChI is InChI=1S/C57H34N6.Y/c1-3-19-37(20-4-1)39-35-52(61-46-29-13-7-23-40(46)41-24-8-14-30-47(41)61)54(53(36-39)62-48-31-15-9-25-42(48)43-26-10-16-32-49(43)62)56-58-55(38-21-5-2-6-22-38)59-57(60-56)63-50-33-17-11-27-44(50)45-28-12-18-34-51(45)63;/h1-19,21-35H;/q-2;. The third-order valence-corrected chi connectivity index (χ3v) is 12.3. The molecular formula is C57H34N6Y-2. The smallest absolute Gasteiger partial charge is 0.238 e. The minimum atomic E-state index is 0. The van der Waals surface area contributed by atoms with Crippen molar-refractivity contribution in [2.75, 3.05) is 0 Å². The summed E-state index contributed by atoms with van der Waals surface area (Å²) in [5.74, 6) is 1.62. The van der Waals surface area contributed by atoms with Crippen molar-refractivity contribution < 1.29 is 32.7 Å². The van der Waals surface area contributed by atoms with E-state index in [1.165, 1.54) is 0 Å². The number of rotatable bonds is 6. The molecule has 0 aliphatic carbocycles. The summed E-state index contributed by atoms with van der Waals surface area (Å²) in [6.07, 6.45) is 0. The Labute approximate surface area is 393 Å². The summed E-state index contributed by atoms with van der Waals surface area (Å²) in [7, 11) is 0. The van der Waals surface area contributed by atoms with Crippen LogP contribution in [0.3, 0.4) is 0 Å². The molecule has 297 valence electrons. The van der Waals surface area contributed by atoms with Gasteiger partial charge in [-0.15, -0.1) is 6.07 Å². The molecule has 0 amide bonds. The van der Waals surface area contributed by atoms with Gasteiger partial charge in [-0.1, -0.05) is 140 Å². The van der Waals surface area contributed by atoms with Gasteiger partial charge in [0.2, 0.25) is 5.95 Å². The van der Waals surface area contributed by atoms with Crippen LogP contribution in [0.15, 0.2) is 206 Å². The second kappa shape index (κ2) is 15.4. The van der Waals surface area contributed by atoms with Crippen molar-refractivity contribution in [3.8, 4) is 51.2 Å². The van der Waals surface area contributed by atoms with Gasteiger partial charge < -0.3 is 9.13 Å². The summed E-state index contributed by atoms with van der Waals surface area (Å²) in [5, 5.41) is 6.87. The van der Waals surface area contributed by atoms with Gasteiger partial charge in [0.05, 0.1) is 33.1 Å². The van der Waals surface area contributed by atoms with Crippen molar-refractivity contribution in [3.05, 3.63) is 218 Å². The van der Waals surface area contributed by atoms with E-state index in [0.29, 0.717) is 17.6 Å². The van der Waals surface area contributed by atoms with E-state index in [1.807, 2.05) is 30.3 Å². The van der Waals surface area contributed by atoms with Crippen LogP contribution in [-0.4, -0.2) is 28.7 Å². The second-order valence-electron chi connectivity index (χ2n) is 15.8. The number of hydrogen-bond acceptors (Lipinski definition) is 3. The molecule has 4 heterocycles. The van der Waals surface area contributed by atoms with Crippen molar-refractivity contribution in [1.82, 2.24) is 28.7 Å². The molecule has 1 radical (unpaired) electrons. The molecule has 64 heavy (non-hydrogen) atoms. The van der Waals surface area contributed by atoms with E-state index in [4.69, 9.17) is 15.0 Å². The largest absolute Gasteiger partial charge is 0.327 e. The topological polar surface area (TPSA) is 53.5 Å². The van der Waals surface area contributed by atoms with E-state index in [9.17, 15) is 0 Å². The summed E-state index contributed by atoms with van der Waals surface area (Å²) in [6, 6.07) is 79.6. The van der Waals surface area contributed by atoms with Crippen molar-refractivity contribution >= 4 is 65.4 Å². The Morgan fingerprint density at radius 1 is 0.359 bits per heavy atom. The molecule has 7 heteroatoms. The van der Waals surface area contributed by atoms with E-state index in [0.717, 1.165) is 99.0 Å². The van der Waals surface area contributed by atoms with Gasteiger partial charge in [0, 0.05) is 70.6 Å². The number of aromatic nitrogens is 6. The summed E-state index contributed by atoms with van der Waals surface area (Å²) >= 11 is 0. The number of benzene rings is 9. The molecule has 0 aliphatic rings. The summed E-state index contributed by atoms with van der Waals surface area (Å²) in [5.41, 5.74) is 11.5. The van der Waals surface area contributed by atoms with Gasteiger partial charge in [-0.2, -0.15) is 41.4 Å². The van der Waals surface area contributed by atoms with Gasteiger partial charge in [0.1, 0.15) is 5.82 Å². The molecule has 0 N–H and O–H groups in total. The first-order valence-electron chi connectivity index (χ1n) is 21.1. The Kier molecular flexibility index (Phi) is 9.18. The molecule has 0 atom stereocenters. The van der Waals surface area contributed by atoms with Crippen molar-refractivity contribution in [2.45, 2.75) is 0 Å². The third-order valence-electron chi connectivity index (χ3n) is 12.3. The molecule has 0 saturated heterocycles. The van der Waals surface area contributed by atoms with Crippen LogP contribution in [-0.2, 0) is 32.7 Å². The minimum absolute atomic E-state index is 0. The van der Waals surface area contributed by atoms with Crippen LogP contribution in [0.4, 0.5) is 0 Å². The molecule has 0 saturated carbocycles. The maximum absolute atomic E-state index is 5.62. The van der Waals surface area contributed by atoms with E-state index in [-0.39, 0.29) is 32.7 Å². The van der Waals surface area contributed by atoms with Crippen molar-refractivity contribution in [1.29, 1.82) is 0 Å². The van der Waals surface area contributed by atoms with Crippen LogP contribution in [0, 0.1) is 12.1 Å². The van der Waals surface area contributed by atoms with Crippen LogP contribution in [0.1, 0.15) is 0 Å². The fraction of sp³-hybridized carbons (Fsp3) is 0. The van der Waals surface area contributed by atoms with E-state index in [1.54, 1.807) is 0 Å². The Morgan fingerprint density at radius 2 is 0.781 bits per heavy atom. The first kappa shape index (κ1) is 38.2. The number of hydrogen-bond donors (Lipinski definition) is 0. The average molecular weight is 892 g/mol. The second-order valence-corrected chi connectivity index (χ2v) is 15.8. The van der Waals surface area contributed by atoms with E-state index < -0.39 is 0 Å². The number of fused-ring (bicyclic) bond motifs is 9. The molecule has 13 aromatic rings. The Balaban J connectivity index is 0.00000433. The first-order valence-corrected chi connectivity index (χ1v) is 21.1. The molecule has 6 nitrogen and oxygen atoms in total. The predicted molar refractivity (Wildman–Crippen MR) is 257 cm³/mol. The quantitative estimate of drug-likeness (QED) is 0.156. The van der Waals surface area contributed by atoms with Crippen molar-refractivity contribution in [2.24, 2.45) is 0 Å². The molecule has 0 fully saturated rings. The summed E-state index contributed by atoms with van der Waals surface area (Å²) in [6.45, 7) is 0. The van der Waals surface area contributed by atoms with Crippen LogP contribution < -0.4 is 0 Å². The SMILES string of the molecule is [Y].[c-]1ccccc1-c1[c-]c(-n2c3ccccc3c3ccccc32)c(-c2nc(-c3ccccc3)nc(-n3c4ccccc4c4ccccc43)n2)c(-n2c3ccccc3c3ccccc32)c1. The van der Waals surface area contributed by atoms with Gasteiger partial charge >= 0.3 is 0 Å². The zero-order chi connectivity index (χ0) is 41.4. The normalized spacial score (nSPS) is 11.6. The Hall–Kier alpha value is -7.51. The maximum atomic E-state index is 5.62. The molecular weight excluding hydrogens is 858 g/mol. The Morgan fingerprint density at radius 3 is 1.27 bits per heavy atom. The fourth-order valence-electron chi connectivity index (χ4n) is 9.60. The van der Waals surface area contributed by atoms with Crippen LogP contribution in [0.2, 0.25) is 0 Å². The van der Waals surface area contributed by atoms with E-state index >= 15 is 0 Å². The van der Waals surface area contributed by atoms with Crippen molar-refractivity contribution in [3.63, 3.8) is 0 Å². The van der Waals surface area contributed by atoms with Crippen LogP contribution in [0.25, 0.3) is 117 Å². The van der Waals surface area contributed by atoms with E-state index in [2.05, 4.69) is 202 Å². The third kappa shape index (κ3) is 5.91. The summed E-state index contributed by atoms with van der Waals surface area (Å²) < 4.78 is 6.90. The number of nitrogens with zero attached hydrogens (tertiary/aromatic N) is 6. The van der Waals surface area contributed by atoms with Gasteiger partial charge in [-0.05, 0) is 53.3 Å². The zero-order valence-corrected chi connectivity index (χ0v) is 37.2. The monoisotopic (exact) mass is 891 g/mol. The molecule has 4 aromatic heterocycles. The predicted octanol–water partition coefficient (Wildman–Crippen LogP) is 13.8. The molecule has 0 bridgehead atoms.